The third kappa shape index (κ3) is 59.0. The maximum Gasteiger partial charge on any atom is 0.472 e. The van der Waals surface area contributed by atoms with E-state index in [0.29, 0.717) is 37.5 Å². The zero-order valence-electron chi connectivity index (χ0n) is 54.2. The Morgan fingerprint density at radius 1 is 0.321 bits per heavy atom. The van der Waals surface area contributed by atoms with Crippen molar-refractivity contribution in [2.75, 3.05) is 39.6 Å². The quantitative estimate of drug-likeness (QED) is 0.0222. The fourth-order valence-electron chi connectivity index (χ4n) is 9.71. The van der Waals surface area contributed by atoms with Crippen LogP contribution in [-0.4, -0.2) is 96.7 Å². The number of phosphoric acid groups is 2. The zero-order valence-corrected chi connectivity index (χ0v) is 56.0. The van der Waals surface area contributed by atoms with Gasteiger partial charge in [-0.1, -0.05) is 273 Å². The molecular formula is C65H126O17P2. The van der Waals surface area contributed by atoms with Crippen LogP contribution in [-0.2, 0) is 65.4 Å². The average Bonchev–Trinajstić information content (AvgIpc) is 3.60. The van der Waals surface area contributed by atoms with Gasteiger partial charge in [0.05, 0.1) is 26.4 Å². The van der Waals surface area contributed by atoms with Crippen molar-refractivity contribution in [3.63, 3.8) is 0 Å². The number of hydrogen-bond acceptors (Lipinski definition) is 15. The first-order valence-corrected chi connectivity index (χ1v) is 37.0. The summed E-state index contributed by atoms with van der Waals surface area (Å²) in [7, 11) is -9.89. The summed E-state index contributed by atoms with van der Waals surface area (Å²) < 4.78 is 68.0. The van der Waals surface area contributed by atoms with E-state index in [1.165, 1.54) is 128 Å². The highest BCUT2D eigenvalue weighted by Crippen LogP contribution is 2.45. The second-order valence-corrected chi connectivity index (χ2v) is 27.4. The van der Waals surface area contributed by atoms with Gasteiger partial charge in [-0.3, -0.25) is 37.3 Å². The van der Waals surface area contributed by atoms with Crippen molar-refractivity contribution in [2.24, 2.45) is 11.8 Å². The number of esters is 4. The number of unbranched alkanes of at least 4 members (excludes halogenated alkanes) is 34. The van der Waals surface area contributed by atoms with Gasteiger partial charge in [0.1, 0.15) is 19.3 Å². The summed E-state index contributed by atoms with van der Waals surface area (Å²) in [5.41, 5.74) is 0. The van der Waals surface area contributed by atoms with Gasteiger partial charge in [-0.15, -0.1) is 0 Å². The number of ether oxygens (including phenoxy) is 4. The maximum absolute atomic E-state index is 13.0. The molecule has 0 aliphatic rings. The Hall–Kier alpha value is -1.94. The van der Waals surface area contributed by atoms with E-state index in [4.69, 9.17) is 37.0 Å². The minimum Gasteiger partial charge on any atom is -0.462 e. The maximum atomic E-state index is 13.0. The molecule has 498 valence electrons. The van der Waals surface area contributed by atoms with Crippen LogP contribution in [0.2, 0.25) is 0 Å². The number of rotatable bonds is 64. The monoisotopic (exact) mass is 1240 g/mol. The third-order valence-electron chi connectivity index (χ3n) is 15.0. The van der Waals surface area contributed by atoms with Gasteiger partial charge in [0.15, 0.2) is 12.2 Å². The standard InChI is InChI=1S/C65H126O17P2/c1-7-9-11-13-15-17-19-20-21-22-23-25-29-38-44-50-65(70)81-60(53-75-62(67)47-41-35-30-26-27-33-39-45-57(3)4)55-79-83(71,72)77-51-59(66)52-78-84(73,74)80-56-61(54-76-63(68)48-42-36-32-31-34-40-46-58(5)6)82-64(69)49-43-37-28-24-18-16-14-12-10-8-2/h57-61,66H,7-56H2,1-6H3,(H,71,72)(H,73,74)/t59-,60-,61-/m1/s1. The van der Waals surface area contributed by atoms with E-state index in [-0.39, 0.29) is 25.7 Å². The molecule has 0 bridgehead atoms. The normalized spacial score (nSPS) is 14.3. The molecule has 2 unspecified atom stereocenters. The average molecular weight is 1240 g/mol. The summed E-state index contributed by atoms with van der Waals surface area (Å²) >= 11 is 0. The Bertz CT molecular complexity index is 1650. The highest BCUT2D eigenvalue weighted by atomic mass is 31.2. The molecule has 84 heavy (non-hydrogen) atoms. The minimum absolute atomic E-state index is 0.105. The predicted octanol–water partition coefficient (Wildman–Crippen LogP) is 18.0. The number of phosphoric ester groups is 2. The molecule has 0 aliphatic heterocycles. The Kier molecular flexibility index (Phi) is 56.2. The molecule has 17 nitrogen and oxygen atoms in total. The first-order chi connectivity index (χ1) is 40.4. The summed E-state index contributed by atoms with van der Waals surface area (Å²) in [4.78, 5) is 72.2. The fraction of sp³-hybridized carbons (Fsp3) is 0.938. The Labute approximate surface area is 511 Å². The van der Waals surface area contributed by atoms with Gasteiger partial charge in [0.25, 0.3) is 0 Å². The molecule has 0 aromatic carbocycles. The predicted molar refractivity (Wildman–Crippen MR) is 335 cm³/mol. The van der Waals surface area contributed by atoms with E-state index in [0.717, 1.165) is 103 Å². The highest BCUT2D eigenvalue weighted by molar-refractivity contribution is 7.47. The number of hydrogen-bond donors (Lipinski definition) is 3. The minimum atomic E-state index is -4.95. The van der Waals surface area contributed by atoms with E-state index in [2.05, 4.69) is 41.5 Å². The molecule has 5 atom stereocenters. The molecule has 19 heteroatoms. The molecule has 0 amide bonds. The highest BCUT2D eigenvalue weighted by Gasteiger charge is 2.30. The smallest absolute Gasteiger partial charge is 0.462 e. The second-order valence-electron chi connectivity index (χ2n) is 24.5. The van der Waals surface area contributed by atoms with E-state index >= 15 is 0 Å². The van der Waals surface area contributed by atoms with Crippen molar-refractivity contribution in [3.8, 4) is 0 Å². The number of carbonyl (C=O) groups excluding carboxylic acids is 4. The Balaban J connectivity index is 5.22. The molecule has 0 spiro atoms. The van der Waals surface area contributed by atoms with Gasteiger partial charge in [0.2, 0.25) is 0 Å². The molecule has 0 rings (SSSR count). The van der Waals surface area contributed by atoms with Crippen LogP contribution in [0.25, 0.3) is 0 Å². The molecule has 0 saturated carbocycles. The Morgan fingerprint density at radius 2 is 0.548 bits per heavy atom. The molecule has 0 radical (unpaired) electrons. The topological polar surface area (TPSA) is 237 Å². The van der Waals surface area contributed by atoms with E-state index in [9.17, 15) is 43.2 Å². The first-order valence-electron chi connectivity index (χ1n) is 34.0. The van der Waals surface area contributed by atoms with E-state index in [1.54, 1.807) is 0 Å². The van der Waals surface area contributed by atoms with Gasteiger partial charge >= 0.3 is 39.5 Å². The summed E-state index contributed by atoms with van der Waals surface area (Å²) in [5, 5.41) is 10.5. The number of aliphatic hydroxyl groups is 1. The lowest BCUT2D eigenvalue weighted by molar-refractivity contribution is -0.161. The second kappa shape index (κ2) is 57.5. The van der Waals surface area contributed by atoms with Crippen molar-refractivity contribution in [1.29, 1.82) is 0 Å². The largest absolute Gasteiger partial charge is 0.472 e. The van der Waals surface area contributed by atoms with Crippen molar-refractivity contribution >= 4 is 39.5 Å². The van der Waals surface area contributed by atoms with Crippen LogP contribution < -0.4 is 0 Å². The third-order valence-corrected chi connectivity index (χ3v) is 16.9. The van der Waals surface area contributed by atoms with E-state index in [1.807, 2.05) is 0 Å². The van der Waals surface area contributed by atoms with Gasteiger partial charge in [-0.2, -0.15) is 0 Å². The van der Waals surface area contributed by atoms with Crippen LogP contribution in [0.15, 0.2) is 0 Å². The van der Waals surface area contributed by atoms with Crippen LogP contribution in [0, 0.1) is 11.8 Å². The molecular weight excluding hydrogens is 1110 g/mol. The lowest BCUT2D eigenvalue weighted by Crippen LogP contribution is -2.30. The van der Waals surface area contributed by atoms with Gasteiger partial charge in [0, 0.05) is 25.7 Å². The Morgan fingerprint density at radius 3 is 0.810 bits per heavy atom. The molecule has 3 N–H and O–H groups in total. The number of carbonyl (C=O) groups is 4. The van der Waals surface area contributed by atoms with Crippen molar-refractivity contribution < 1.29 is 80.2 Å². The molecule has 0 aromatic rings. The molecule has 0 saturated heterocycles. The summed E-state index contributed by atoms with van der Waals surface area (Å²) in [6.45, 7) is 9.36. The van der Waals surface area contributed by atoms with Gasteiger partial charge in [-0.25, -0.2) is 9.13 Å². The van der Waals surface area contributed by atoms with E-state index < -0.39 is 97.5 Å². The summed E-state index contributed by atoms with van der Waals surface area (Å²) in [6.07, 6.45) is 40.5. The van der Waals surface area contributed by atoms with Crippen LogP contribution in [0.4, 0.5) is 0 Å². The zero-order chi connectivity index (χ0) is 62.2. The number of aliphatic hydroxyl groups excluding tert-OH is 1. The molecule has 0 heterocycles. The van der Waals surface area contributed by atoms with Crippen molar-refractivity contribution in [1.82, 2.24) is 0 Å². The van der Waals surface area contributed by atoms with Crippen LogP contribution in [0.3, 0.4) is 0 Å². The molecule has 0 aromatic heterocycles. The van der Waals surface area contributed by atoms with Crippen LogP contribution >= 0.6 is 15.6 Å². The summed E-state index contributed by atoms with van der Waals surface area (Å²) in [6, 6.07) is 0. The fourth-order valence-corrected chi connectivity index (χ4v) is 11.3. The summed E-state index contributed by atoms with van der Waals surface area (Å²) in [5.74, 6) is -0.749. The molecule has 0 fully saturated rings. The van der Waals surface area contributed by atoms with Gasteiger partial charge in [-0.05, 0) is 37.5 Å². The van der Waals surface area contributed by atoms with Crippen LogP contribution in [0.5, 0.6) is 0 Å². The lowest BCUT2D eigenvalue weighted by atomic mass is 10.0. The lowest BCUT2D eigenvalue weighted by Gasteiger charge is -2.21. The first kappa shape index (κ1) is 82.1. The van der Waals surface area contributed by atoms with Crippen LogP contribution in [0.1, 0.15) is 324 Å². The molecule has 0 aliphatic carbocycles. The SMILES string of the molecule is CCCCCCCCCCCCCCCCCC(=O)O[C@H](COC(=O)CCCCCCCCCC(C)C)COP(=O)(O)OC[C@@H](O)COP(=O)(O)OC[C@@H](COC(=O)CCCCCCCCC(C)C)OC(=O)CCCCCCCCCCCC. The van der Waals surface area contributed by atoms with Gasteiger partial charge < -0.3 is 33.8 Å². The van der Waals surface area contributed by atoms with Crippen molar-refractivity contribution in [2.45, 2.75) is 342 Å². The van der Waals surface area contributed by atoms with Crippen molar-refractivity contribution in [3.05, 3.63) is 0 Å².